The molecule has 0 amide bonds. The van der Waals surface area contributed by atoms with Gasteiger partial charge in [-0.1, -0.05) is 5.16 Å². The number of thiophene rings is 1. The van der Waals surface area contributed by atoms with Crippen molar-refractivity contribution in [2.24, 2.45) is 0 Å². The number of rotatable bonds is 4. The zero-order valence-electron chi connectivity index (χ0n) is 9.14. The largest absolute Gasteiger partial charge is 0.390 e. The van der Waals surface area contributed by atoms with Crippen LogP contribution in [0.25, 0.3) is 11.5 Å². The summed E-state index contributed by atoms with van der Waals surface area (Å²) in [6.45, 7) is 4.43. The first-order chi connectivity index (χ1) is 7.72. The molecule has 86 valence electrons. The van der Waals surface area contributed by atoms with E-state index in [1.165, 1.54) is 11.3 Å². The van der Waals surface area contributed by atoms with Crippen LogP contribution in [0.4, 0.5) is 5.00 Å². The Hall–Kier alpha value is -1.40. The molecule has 0 saturated heterocycles. The second-order valence-electron chi connectivity index (χ2n) is 3.25. The molecular weight excluding hydrogens is 226 g/mol. The van der Waals surface area contributed by atoms with Crippen LogP contribution in [-0.4, -0.2) is 16.7 Å². The van der Waals surface area contributed by atoms with Gasteiger partial charge in [0, 0.05) is 6.61 Å². The first kappa shape index (κ1) is 11.1. The van der Waals surface area contributed by atoms with Crippen LogP contribution >= 0.6 is 11.3 Å². The molecule has 2 aromatic heterocycles. The highest BCUT2D eigenvalue weighted by atomic mass is 32.1. The minimum Gasteiger partial charge on any atom is -0.390 e. The van der Waals surface area contributed by atoms with Gasteiger partial charge in [-0.05, 0) is 25.3 Å². The molecule has 5 nitrogen and oxygen atoms in total. The fraction of sp³-hybridized carbons (Fsp3) is 0.400. The van der Waals surface area contributed by atoms with E-state index in [4.69, 9.17) is 15.0 Å². The molecule has 0 aromatic carbocycles. The second-order valence-corrected chi connectivity index (χ2v) is 4.20. The van der Waals surface area contributed by atoms with Crippen molar-refractivity contribution in [1.29, 1.82) is 0 Å². The van der Waals surface area contributed by atoms with Crippen molar-refractivity contribution in [2.75, 3.05) is 12.3 Å². The lowest BCUT2D eigenvalue weighted by atomic mass is 10.3. The van der Waals surface area contributed by atoms with Gasteiger partial charge in [0.2, 0.25) is 5.82 Å². The van der Waals surface area contributed by atoms with E-state index in [0.29, 0.717) is 23.3 Å². The molecule has 0 radical (unpaired) electrons. The minimum atomic E-state index is -0.164. The van der Waals surface area contributed by atoms with Crippen molar-refractivity contribution in [3.63, 3.8) is 0 Å². The molecule has 1 unspecified atom stereocenters. The van der Waals surface area contributed by atoms with Gasteiger partial charge in [0.1, 0.15) is 6.10 Å². The summed E-state index contributed by atoms with van der Waals surface area (Å²) in [5, 5.41) is 6.44. The van der Waals surface area contributed by atoms with Crippen LogP contribution in [-0.2, 0) is 4.74 Å². The van der Waals surface area contributed by atoms with Gasteiger partial charge in [0.25, 0.3) is 5.89 Å². The molecule has 0 aliphatic heterocycles. The van der Waals surface area contributed by atoms with Crippen LogP contribution in [0.3, 0.4) is 0 Å². The summed E-state index contributed by atoms with van der Waals surface area (Å²) >= 11 is 1.45. The number of aromatic nitrogens is 2. The number of anilines is 1. The van der Waals surface area contributed by atoms with E-state index in [2.05, 4.69) is 10.1 Å². The van der Waals surface area contributed by atoms with Crippen molar-refractivity contribution >= 4 is 16.3 Å². The summed E-state index contributed by atoms with van der Waals surface area (Å²) in [5.41, 5.74) is 6.56. The van der Waals surface area contributed by atoms with Crippen molar-refractivity contribution in [3.05, 3.63) is 17.3 Å². The average molecular weight is 239 g/mol. The monoisotopic (exact) mass is 239 g/mol. The van der Waals surface area contributed by atoms with Crippen molar-refractivity contribution < 1.29 is 9.26 Å². The Morgan fingerprint density at radius 2 is 2.44 bits per heavy atom. The van der Waals surface area contributed by atoms with Crippen LogP contribution in [0, 0.1) is 0 Å². The van der Waals surface area contributed by atoms with E-state index >= 15 is 0 Å². The maximum atomic E-state index is 5.78. The zero-order valence-corrected chi connectivity index (χ0v) is 9.95. The summed E-state index contributed by atoms with van der Waals surface area (Å²) in [5.74, 6) is 0.989. The number of ether oxygens (including phenoxy) is 1. The molecule has 2 rings (SSSR count). The average Bonchev–Trinajstić information content (AvgIpc) is 2.86. The maximum Gasteiger partial charge on any atom is 0.261 e. The zero-order chi connectivity index (χ0) is 11.5. The predicted molar refractivity (Wildman–Crippen MR) is 62.1 cm³/mol. The number of nitrogen functional groups attached to an aromatic ring is 1. The predicted octanol–water partition coefficient (Wildman–Crippen LogP) is 2.48. The molecule has 0 spiro atoms. The molecule has 6 heteroatoms. The number of nitrogens with two attached hydrogens (primary N) is 1. The Morgan fingerprint density at radius 1 is 1.62 bits per heavy atom. The van der Waals surface area contributed by atoms with Crippen LogP contribution in [0.1, 0.15) is 25.8 Å². The molecule has 0 aliphatic carbocycles. The van der Waals surface area contributed by atoms with E-state index in [-0.39, 0.29) is 6.10 Å². The van der Waals surface area contributed by atoms with Crippen LogP contribution in [0.2, 0.25) is 0 Å². The SMILES string of the molecule is CCOC(C)c1noc(-c2ccsc2N)n1. The molecule has 0 saturated carbocycles. The lowest BCUT2D eigenvalue weighted by Gasteiger charge is -2.04. The van der Waals surface area contributed by atoms with E-state index in [9.17, 15) is 0 Å². The molecule has 2 aromatic rings. The first-order valence-corrected chi connectivity index (χ1v) is 5.89. The number of hydrogen-bond acceptors (Lipinski definition) is 6. The highest BCUT2D eigenvalue weighted by Crippen LogP contribution is 2.29. The van der Waals surface area contributed by atoms with Gasteiger partial charge in [-0.15, -0.1) is 11.3 Å². The maximum absolute atomic E-state index is 5.78. The Bertz CT molecular complexity index is 466. The van der Waals surface area contributed by atoms with Gasteiger partial charge < -0.3 is 15.0 Å². The highest BCUT2D eigenvalue weighted by Gasteiger charge is 2.16. The Labute approximate surface area is 97.2 Å². The normalized spacial score (nSPS) is 12.9. The van der Waals surface area contributed by atoms with Gasteiger partial charge in [0.15, 0.2) is 0 Å². The van der Waals surface area contributed by atoms with Gasteiger partial charge in [0.05, 0.1) is 10.6 Å². The Kier molecular flexibility index (Phi) is 3.21. The smallest absolute Gasteiger partial charge is 0.261 e. The fourth-order valence-corrected chi connectivity index (χ4v) is 1.96. The molecule has 0 fully saturated rings. The summed E-state index contributed by atoms with van der Waals surface area (Å²) in [4.78, 5) is 4.26. The first-order valence-electron chi connectivity index (χ1n) is 5.01. The van der Waals surface area contributed by atoms with E-state index < -0.39 is 0 Å². The third kappa shape index (κ3) is 2.07. The Morgan fingerprint density at radius 3 is 3.06 bits per heavy atom. The van der Waals surface area contributed by atoms with Crippen molar-refractivity contribution in [2.45, 2.75) is 20.0 Å². The third-order valence-electron chi connectivity index (χ3n) is 2.15. The molecule has 0 aliphatic rings. The fourth-order valence-electron chi connectivity index (χ4n) is 1.33. The van der Waals surface area contributed by atoms with Gasteiger partial charge in [-0.2, -0.15) is 4.98 Å². The van der Waals surface area contributed by atoms with Gasteiger partial charge in [-0.25, -0.2) is 0 Å². The minimum absolute atomic E-state index is 0.164. The van der Waals surface area contributed by atoms with E-state index in [0.717, 1.165) is 5.56 Å². The van der Waals surface area contributed by atoms with Gasteiger partial charge >= 0.3 is 0 Å². The molecule has 0 bridgehead atoms. The Balaban J connectivity index is 2.23. The van der Waals surface area contributed by atoms with E-state index in [1.54, 1.807) is 0 Å². The highest BCUT2D eigenvalue weighted by molar-refractivity contribution is 7.14. The lowest BCUT2D eigenvalue weighted by Crippen LogP contribution is -2.01. The van der Waals surface area contributed by atoms with Gasteiger partial charge in [-0.3, -0.25) is 0 Å². The van der Waals surface area contributed by atoms with Crippen molar-refractivity contribution in [3.8, 4) is 11.5 Å². The molecule has 2 N–H and O–H groups in total. The van der Waals surface area contributed by atoms with E-state index in [1.807, 2.05) is 25.3 Å². The summed E-state index contributed by atoms with van der Waals surface area (Å²) in [6, 6.07) is 1.86. The molecular formula is C10H13N3O2S. The topological polar surface area (TPSA) is 74.2 Å². The van der Waals surface area contributed by atoms with Crippen LogP contribution < -0.4 is 5.73 Å². The summed E-state index contributed by atoms with van der Waals surface area (Å²) in [6.07, 6.45) is -0.164. The second kappa shape index (κ2) is 4.63. The summed E-state index contributed by atoms with van der Waals surface area (Å²) in [7, 11) is 0. The molecule has 1 atom stereocenters. The quantitative estimate of drug-likeness (QED) is 0.887. The number of hydrogen-bond donors (Lipinski definition) is 1. The van der Waals surface area contributed by atoms with Crippen LogP contribution in [0.5, 0.6) is 0 Å². The summed E-state index contributed by atoms with van der Waals surface area (Å²) < 4.78 is 10.5. The standard InChI is InChI=1S/C10H13N3O2S/c1-3-14-6(2)9-12-10(15-13-9)7-4-5-16-8(7)11/h4-6H,3,11H2,1-2H3. The molecule has 2 heterocycles. The number of nitrogens with zero attached hydrogens (tertiary/aromatic N) is 2. The van der Waals surface area contributed by atoms with Crippen LogP contribution in [0.15, 0.2) is 16.0 Å². The molecule has 16 heavy (non-hydrogen) atoms. The van der Waals surface area contributed by atoms with Crippen molar-refractivity contribution in [1.82, 2.24) is 10.1 Å². The lowest BCUT2D eigenvalue weighted by molar-refractivity contribution is 0.0683. The third-order valence-corrected chi connectivity index (χ3v) is 2.89.